The van der Waals surface area contributed by atoms with Crippen molar-refractivity contribution < 1.29 is 14.3 Å². The molecule has 1 atom stereocenters. The second kappa shape index (κ2) is 9.38. The van der Waals surface area contributed by atoms with Crippen LogP contribution >= 0.6 is 15.9 Å². The Balaban J connectivity index is 1.88. The number of rotatable bonds is 7. The number of carbonyl (C=O) groups excluding carboxylic acids is 2. The summed E-state index contributed by atoms with van der Waals surface area (Å²) in [5, 5.41) is 5.66. The highest BCUT2D eigenvalue weighted by atomic mass is 79.9. The lowest BCUT2D eigenvalue weighted by Gasteiger charge is -2.12. The van der Waals surface area contributed by atoms with Gasteiger partial charge in [-0.05, 0) is 68.3 Å². The van der Waals surface area contributed by atoms with Crippen LogP contribution in [0.3, 0.4) is 0 Å². The first-order valence-electron chi connectivity index (χ1n) is 8.48. The molecule has 0 spiro atoms. The van der Waals surface area contributed by atoms with Gasteiger partial charge < -0.3 is 15.4 Å². The number of benzene rings is 2. The van der Waals surface area contributed by atoms with E-state index in [1.165, 1.54) is 0 Å². The zero-order valence-electron chi connectivity index (χ0n) is 15.1. The minimum absolute atomic E-state index is 0.0846. The van der Waals surface area contributed by atoms with Crippen LogP contribution in [0.1, 0.15) is 36.2 Å². The number of ether oxygens (including phenoxy) is 1. The van der Waals surface area contributed by atoms with Crippen molar-refractivity contribution in [3.63, 3.8) is 0 Å². The predicted molar refractivity (Wildman–Crippen MR) is 107 cm³/mol. The third kappa shape index (κ3) is 5.88. The van der Waals surface area contributed by atoms with Crippen molar-refractivity contribution in [1.82, 2.24) is 5.32 Å². The van der Waals surface area contributed by atoms with Gasteiger partial charge in [-0.15, -0.1) is 0 Å². The summed E-state index contributed by atoms with van der Waals surface area (Å²) in [6, 6.07) is 12.5. The number of halogens is 1. The number of aryl methyl sites for hydroxylation is 1. The van der Waals surface area contributed by atoms with Gasteiger partial charge in [0.15, 0.2) is 6.61 Å². The van der Waals surface area contributed by atoms with E-state index in [9.17, 15) is 9.59 Å². The minimum atomic E-state index is -0.260. The van der Waals surface area contributed by atoms with Crippen LogP contribution in [0, 0.1) is 6.92 Å². The molecule has 26 heavy (non-hydrogen) atoms. The van der Waals surface area contributed by atoms with Crippen LogP contribution in [0.5, 0.6) is 5.75 Å². The van der Waals surface area contributed by atoms with E-state index in [0.717, 1.165) is 16.5 Å². The Morgan fingerprint density at radius 2 is 1.85 bits per heavy atom. The standard InChI is InChI=1S/C20H23BrN2O3/c1-4-14(3)22-20(25)15-5-8-17(9-6-15)23-19(24)12-26-18-10-7-16(21)11-13(18)2/h5-11,14H,4,12H2,1-3H3,(H,22,25)(H,23,24). The molecular weight excluding hydrogens is 396 g/mol. The van der Waals surface area contributed by atoms with Crippen molar-refractivity contribution in [2.24, 2.45) is 0 Å². The Bertz CT molecular complexity index is 775. The predicted octanol–water partition coefficient (Wildman–Crippen LogP) is 4.30. The number of amides is 2. The second-order valence-electron chi connectivity index (χ2n) is 6.11. The summed E-state index contributed by atoms with van der Waals surface area (Å²) >= 11 is 3.39. The highest BCUT2D eigenvalue weighted by Crippen LogP contribution is 2.22. The van der Waals surface area contributed by atoms with Crippen molar-refractivity contribution in [2.75, 3.05) is 11.9 Å². The summed E-state index contributed by atoms with van der Waals surface area (Å²) in [7, 11) is 0. The highest BCUT2D eigenvalue weighted by molar-refractivity contribution is 9.10. The van der Waals surface area contributed by atoms with E-state index in [0.29, 0.717) is 17.0 Å². The van der Waals surface area contributed by atoms with Gasteiger partial charge in [0.2, 0.25) is 0 Å². The van der Waals surface area contributed by atoms with Crippen molar-refractivity contribution in [3.05, 3.63) is 58.1 Å². The van der Waals surface area contributed by atoms with E-state index in [1.54, 1.807) is 24.3 Å². The first-order chi connectivity index (χ1) is 12.4. The van der Waals surface area contributed by atoms with Gasteiger partial charge in [-0.3, -0.25) is 9.59 Å². The Morgan fingerprint density at radius 3 is 2.46 bits per heavy atom. The molecule has 2 amide bonds. The molecule has 0 fully saturated rings. The fourth-order valence-corrected chi connectivity index (χ4v) is 2.70. The van der Waals surface area contributed by atoms with Gasteiger partial charge in [0.25, 0.3) is 11.8 Å². The van der Waals surface area contributed by atoms with E-state index >= 15 is 0 Å². The van der Waals surface area contributed by atoms with Gasteiger partial charge in [0.1, 0.15) is 5.75 Å². The number of anilines is 1. The van der Waals surface area contributed by atoms with Crippen LogP contribution in [0.15, 0.2) is 46.9 Å². The van der Waals surface area contributed by atoms with Crippen LogP contribution in [0.25, 0.3) is 0 Å². The van der Waals surface area contributed by atoms with Crippen molar-refractivity contribution >= 4 is 33.4 Å². The summed E-state index contributed by atoms with van der Waals surface area (Å²) in [6.45, 7) is 5.81. The van der Waals surface area contributed by atoms with Gasteiger partial charge in [0, 0.05) is 21.8 Å². The maximum absolute atomic E-state index is 12.0. The maximum atomic E-state index is 12.0. The molecule has 0 aliphatic heterocycles. The number of hydrogen-bond donors (Lipinski definition) is 2. The summed E-state index contributed by atoms with van der Waals surface area (Å²) in [4.78, 5) is 24.1. The Kier molecular flexibility index (Phi) is 7.21. The van der Waals surface area contributed by atoms with Gasteiger partial charge in [0.05, 0.1) is 0 Å². The average molecular weight is 419 g/mol. The third-order valence-electron chi connectivity index (χ3n) is 3.92. The topological polar surface area (TPSA) is 67.4 Å². The largest absolute Gasteiger partial charge is 0.483 e. The van der Waals surface area contributed by atoms with Crippen LogP contribution in [0.2, 0.25) is 0 Å². The van der Waals surface area contributed by atoms with Gasteiger partial charge in [-0.25, -0.2) is 0 Å². The molecule has 2 rings (SSSR count). The molecule has 0 heterocycles. The molecule has 0 aromatic heterocycles. The molecule has 6 heteroatoms. The molecule has 2 aromatic rings. The molecule has 0 saturated carbocycles. The zero-order chi connectivity index (χ0) is 19.1. The van der Waals surface area contributed by atoms with Gasteiger partial charge in [-0.1, -0.05) is 22.9 Å². The summed E-state index contributed by atoms with van der Waals surface area (Å²) in [5.41, 5.74) is 2.13. The lowest BCUT2D eigenvalue weighted by atomic mass is 10.1. The van der Waals surface area contributed by atoms with Gasteiger partial charge in [-0.2, -0.15) is 0 Å². The number of hydrogen-bond acceptors (Lipinski definition) is 3. The lowest BCUT2D eigenvalue weighted by Crippen LogP contribution is -2.31. The number of carbonyl (C=O) groups is 2. The molecule has 1 unspecified atom stereocenters. The molecule has 138 valence electrons. The molecular formula is C20H23BrN2O3. The van der Waals surface area contributed by atoms with Crippen molar-refractivity contribution in [1.29, 1.82) is 0 Å². The minimum Gasteiger partial charge on any atom is -0.483 e. The highest BCUT2D eigenvalue weighted by Gasteiger charge is 2.10. The fourth-order valence-electron chi connectivity index (χ4n) is 2.23. The normalized spacial score (nSPS) is 11.5. The first kappa shape index (κ1) is 20.0. The molecule has 2 N–H and O–H groups in total. The van der Waals surface area contributed by atoms with E-state index in [4.69, 9.17) is 4.74 Å². The van der Waals surface area contributed by atoms with Crippen LogP contribution in [-0.2, 0) is 4.79 Å². The third-order valence-corrected chi connectivity index (χ3v) is 4.41. The molecule has 0 aliphatic rings. The summed E-state index contributed by atoms with van der Waals surface area (Å²) in [6.07, 6.45) is 0.873. The molecule has 0 aliphatic carbocycles. The van der Waals surface area contributed by atoms with Crippen LogP contribution in [-0.4, -0.2) is 24.5 Å². The second-order valence-corrected chi connectivity index (χ2v) is 7.02. The van der Waals surface area contributed by atoms with E-state index in [-0.39, 0.29) is 24.5 Å². The van der Waals surface area contributed by atoms with E-state index in [2.05, 4.69) is 26.6 Å². The quantitative estimate of drug-likeness (QED) is 0.703. The monoisotopic (exact) mass is 418 g/mol. The van der Waals surface area contributed by atoms with Crippen molar-refractivity contribution in [2.45, 2.75) is 33.2 Å². The Hall–Kier alpha value is -2.34. The molecule has 0 saturated heterocycles. The van der Waals surface area contributed by atoms with E-state index in [1.807, 2.05) is 39.0 Å². The first-order valence-corrected chi connectivity index (χ1v) is 9.28. The summed E-state index contributed by atoms with van der Waals surface area (Å²) in [5.74, 6) is 0.288. The zero-order valence-corrected chi connectivity index (χ0v) is 16.7. The summed E-state index contributed by atoms with van der Waals surface area (Å²) < 4.78 is 6.51. The molecule has 5 nitrogen and oxygen atoms in total. The van der Waals surface area contributed by atoms with E-state index < -0.39 is 0 Å². The van der Waals surface area contributed by atoms with Crippen LogP contribution in [0.4, 0.5) is 5.69 Å². The number of nitrogens with one attached hydrogen (secondary N) is 2. The SMILES string of the molecule is CCC(C)NC(=O)c1ccc(NC(=O)COc2ccc(Br)cc2C)cc1. The lowest BCUT2D eigenvalue weighted by molar-refractivity contribution is -0.118. The fraction of sp³-hybridized carbons (Fsp3) is 0.300. The average Bonchev–Trinajstić information content (AvgIpc) is 2.61. The molecule has 0 bridgehead atoms. The smallest absolute Gasteiger partial charge is 0.262 e. The van der Waals surface area contributed by atoms with Crippen molar-refractivity contribution in [3.8, 4) is 5.75 Å². The Labute approximate surface area is 162 Å². The Morgan fingerprint density at radius 1 is 1.15 bits per heavy atom. The van der Waals surface area contributed by atoms with Crippen LogP contribution < -0.4 is 15.4 Å². The molecule has 0 radical (unpaired) electrons. The maximum Gasteiger partial charge on any atom is 0.262 e. The van der Waals surface area contributed by atoms with Gasteiger partial charge >= 0.3 is 0 Å². The molecule has 2 aromatic carbocycles.